The molecule has 48 heavy (non-hydrogen) atoms. The summed E-state index contributed by atoms with van der Waals surface area (Å²) in [4.78, 5) is 59.5. The van der Waals surface area contributed by atoms with Crippen molar-refractivity contribution in [3.8, 4) is 0 Å². The number of carbonyl (C=O) groups is 4. The average Bonchev–Trinajstić information content (AvgIpc) is 3.93. The number of fused-ring (bicyclic) bond motifs is 8. The molecule has 3 aliphatic carbocycles. The molecule has 1 aromatic carbocycles. The minimum atomic E-state index is -2.40. The molecule has 10 nitrogen and oxygen atoms in total. The maximum absolute atomic E-state index is 17.3. The van der Waals surface area contributed by atoms with Crippen molar-refractivity contribution in [3.05, 3.63) is 29.6 Å². The highest BCUT2D eigenvalue weighted by molar-refractivity contribution is 6.00. The lowest BCUT2D eigenvalue weighted by molar-refractivity contribution is -0.942. The fourth-order valence-corrected chi connectivity index (χ4v) is 8.82. The second-order valence-corrected chi connectivity index (χ2v) is 15.6. The van der Waals surface area contributed by atoms with Gasteiger partial charge in [0.2, 0.25) is 11.6 Å². The Labute approximate surface area is 282 Å². The number of carbonyl (C=O) groups excluding carboxylic acids is 4. The molecule has 8 atom stereocenters. The second kappa shape index (κ2) is 12.7. The van der Waals surface area contributed by atoms with Gasteiger partial charge in [-0.1, -0.05) is 19.9 Å². The normalized spacial score (nSPS) is 35.7. The molecule has 0 aromatic heterocycles. The van der Waals surface area contributed by atoms with Gasteiger partial charge in [0.1, 0.15) is 24.4 Å². The zero-order valence-corrected chi connectivity index (χ0v) is 29.1. The standard InChI is InChI=1S/C36H51F2N5O5/c1-7-35(20-44,48-6)19-43(5)28-17-36(28,38)34(47)40-30(29(23-8-9-23)24-10-11-24)32(45)39-27-13-12-25(16-26(27)37)22(3)31(43)33(46)42-15-14-41(4)21(2)18-42/h12-13,16,20-24,28-31H,7-11,14-15,17-19H2,1-6H3,(H-,39,40,45,47)/p+1/t21-,22+,28?,30+,31-,35?,36?,43?/m1/s1. The number of likely N-dealkylation sites (N-methyl/N-ethyl adjacent to an activating group) is 2. The first-order chi connectivity index (χ1) is 22.7. The third kappa shape index (κ3) is 6.17. The van der Waals surface area contributed by atoms with Gasteiger partial charge in [-0.05, 0) is 81.5 Å². The summed E-state index contributed by atoms with van der Waals surface area (Å²) >= 11 is 0. The monoisotopic (exact) mass is 672 g/mol. The molecule has 3 amide bonds. The smallest absolute Gasteiger partial charge is 0.281 e. The number of nitrogens with one attached hydrogen (secondary N) is 2. The maximum atomic E-state index is 17.3. The van der Waals surface area contributed by atoms with E-state index in [9.17, 15) is 19.2 Å². The van der Waals surface area contributed by atoms with E-state index < -0.39 is 52.9 Å². The van der Waals surface area contributed by atoms with Crippen molar-refractivity contribution in [1.29, 1.82) is 0 Å². The van der Waals surface area contributed by atoms with E-state index in [0.717, 1.165) is 25.7 Å². The molecule has 264 valence electrons. The summed E-state index contributed by atoms with van der Waals surface area (Å²) in [5.41, 5.74) is -3.30. The molecule has 1 saturated heterocycles. The van der Waals surface area contributed by atoms with Crippen LogP contribution >= 0.6 is 0 Å². The molecule has 0 spiro atoms. The first kappa shape index (κ1) is 34.9. The third-order valence-electron chi connectivity index (χ3n) is 12.5. The maximum Gasteiger partial charge on any atom is 0.281 e. The van der Waals surface area contributed by atoms with Crippen LogP contribution in [0.5, 0.6) is 0 Å². The molecule has 12 heteroatoms. The van der Waals surface area contributed by atoms with Crippen molar-refractivity contribution in [2.75, 3.05) is 52.7 Å². The van der Waals surface area contributed by atoms with Crippen molar-refractivity contribution in [2.24, 2.45) is 17.8 Å². The summed E-state index contributed by atoms with van der Waals surface area (Å²) in [5.74, 6) is -2.70. The number of quaternary nitrogens is 1. The summed E-state index contributed by atoms with van der Waals surface area (Å²) in [5, 5.41) is 5.52. The molecule has 2 bridgehead atoms. The molecule has 7 rings (SSSR count). The van der Waals surface area contributed by atoms with Crippen LogP contribution in [0.25, 0.3) is 0 Å². The van der Waals surface area contributed by atoms with Crippen LogP contribution in [-0.4, -0.2) is 121 Å². The zero-order valence-electron chi connectivity index (χ0n) is 29.1. The Morgan fingerprint density at radius 1 is 1.19 bits per heavy atom. The summed E-state index contributed by atoms with van der Waals surface area (Å²) < 4.78 is 38.7. The third-order valence-corrected chi connectivity index (χ3v) is 12.5. The highest BCUT2D eigenvalue weighted by Crippen LogP contribution is 2.54. The number of benzene rings is 1. The Balaban J connectivity index is 1.49. The lowest BCUT2D eigenvalue weighted by Gasteiger charge is -2.49. The van der Waals surface area contributed by atoms with E-state index >= 15 is 8.78 Å². The van der Waals surface area contributed by atoms with Gasteiger partial charge < -0.3 is 29.7 Å². The number of nitrogens with zero attached hydrogens (tertiary/aromatic N) is 3. The van der Waals surface area contributed by atoms with E-state index in [4.69, 9.17) is 4.74 Å². The van der Waals surface area contributed by atoms with Gasteiger partial charge in [-0.15, -0.1) is 0 Å². The molecular formula is C36H52F2N5O5+. The number of rotatable bonds is 9. The minimum absolute atomic E-state index is 0.0322. The molecule has 2 N–H and O–H groups in total. The van der Waals surface area contributed by atoms with Gasteiger partial charge in [-0.25, -0.2) is 8.78 Å². The molecule has 1 aromatic rings. The van der Waals surface area contributed by atoms with Gasteiger partial charge in [0.25, 0.3) is 11.8 Å². The van der Waals surface area contributed by atoms with Crippen molar-refractivity contribution >= 4 is 29.7 Å². The molecular weight excluding hydrogens is 620 g/mol. The number of anilines is 1. The Bertz CT molecular complexity index is 1440. The van der Waals surface area contributed by atoms with Crippen molar-refractivity contribution < 1.29 is 37.2 Å². The van der Waals surface area contributed by atoms with Crippen LogP contribution in [0.3, 0.4) is 0 Å². The molecule has 3 aliphatic heterocycles. The second-order valence-electron chi connectivity index (χ2n) is 15.6. The Morgan fingerprint density at radius 3 is 2.40 bits per heavy atom. The molecule has 3 heterocycles. The minimum Gasteiger partial charge on any atom is -0.365 e. The highest BCUT2D eigenvalue weighted by atomic mass is 19.1. The van der Waals surface area contributed by atoms with Crippen molar-refractivity contribution in [3.63, 3.8) is 0 Å². The molecule has 6 aliphatic rings. The Hall–Kier alpha value is -2.96. The first-order valence-electron chi connectivity index (χ1n) is 17.7. The lowest BCUT2D eigenvalue weighted by atomic mass is 9.86. The fourth-order valence-electron chi connectivity index (χ4n) is 8.82. The number of halogens is 2. The SMILES string of the molecule is CCC(C=O)(C[N+]1(C)C2CC2(F)C(=O)N[C@@H](C(C2CC2)C2CC2)C(=O)Nc2ccc(cc2F)[C@H](C)[C@@H]1C(=O)N1CCN(C)[C@H](C)C1)OC. The Morgan fingerprint density at radius 2 is 1.85 bits per heavy atom. The average molecular weight is 673 g/mol. The summed E-state index contributed by atoms with van der Waals surface area (Å²) in [6, 6.07) is 1.60. The van der Waals surface area contributed by atoms with Gasteiger partial charge in [0.05, 0.1) is 19.2 Å². The van der Waals surface area contributed by atoms with Crippen LogP contribution in [0.2, 0.25) is 0 Å². The summed E-state index contributed by atoms with van der Waals surface area (Å²) in [7, 11) is 5.16. The number of aldehydes is 1. The van der Waals surface area contributed by atoms with Crippen LogP contribution in [0.15, 0.2) is 18.2 Å². The van der Waals surface area contributed by atoms with E-state index in [-0.39, 0.29) is 59.3 Å². The molecule has 3 saturated carbocycles. The van der Waals surface area contributed by atoms with Gasteiger partial charge in [-0.2, -0.15) is 0 Å². The van der Waals surface area contributed by atoms with Gasteiger partial charge in [0, 0.05) is 38.7 Å². The number of hydrogen-bond donors (Lipinski definition) is 2. The van der Waals surface area contributed by atoms with Crippen LogP contribution in [0.4, 0.5) is 14.5 Å². The fraction of sp³-hybridized carbons (Fsp3) is 0.722. The van der Waals surface area contributed by atoms with E-state index in [2.05, 4.69) is 15.5 Å². The number of amides is 3. The number of hydrogen-bond acceptors (Lipinski definition) is 6. The largest absolute Gasteiger partial charge is 0.365 e. The van der Waals surface area contributed by atoms with E-state index in [1.165, 1.54) is 19.2 Å². The Kier molecular flexibility index (Phi) is 9.26. The summed E-state index contributed by atoms with van der Waals surface area (Å²) in [6.45, 7) is 7.13. The number of piperazine rings is 1. The van der Waals surface area contributed by atoms with Crippen molar-refractivity contribution in [1.82, 2.24) is 15.1 Å². The summed E-state index contributed by atoms with van der Waals surface area (Å²) in [6.07, 6.45) is 4.49. The number of ether oxygens (including phenoxy) is 1. The van der Waals surface area contributed by atoms with Crippen LogP contribution < -0.4 is 10.6 Å². The topological polar surface area (TPSA) is 108 Å². The van der Waals surface area contributed by atoms with Crippen molar-refractivity contribution in [2.45, 2.75) is 101 Å². The first-order valence-corrected chi connectivity index (χ1v) is 17.7. The predicted octanol–water partition coefficient (Wildman–Crippen LogP) is 3.25. The van der Waals surface area contributed by atoms with Crippen LogP contribution in [0.1, 0.15) is 70.8 Å². The van der Waals surface area contributed by atoms with Crippen LogP contribution in [0, 0.1) is 23.6 Å². The van der Waals surface area contributed by atoms with E-state index in [1.54, 1.807) is 24.9 Å². The zero-order chi connectivity index (χ0) is 34.8. The molecule has 4 fully saturated rings. The highest BCUT2D eigenvalue weighted by Gasteiger charge is 2.74. The quantitative estimate of drug-likeness (QED) is 0.308. The van der Waals surface area contributed by atoms with Gasteiger partial charge in [-0.3, -0.25) is 19.2 Å². The predicted molar refractivity (Wildman–Crippen MR) is 176 cm³/mol. The lowest BCUT2D eigenvalue weighted by Crippen LogP contribution is -2.69. The van der Waals surface area contributed by atoms with Gasteiger partial charge >= 0.3 is 0 Å². The van der Waals surface area contributed by atoms with Gasteiger partial charge in [0.15, 0.2) is 17.9 Å². The molecule has 0 radical (unpaired) electrons. The van der Waals surface area contributed by atoms with Crippen LogP contribution in [-0.2, 0) is 23.9 Å². The molecule has 4 unspecified atom stereocenters. The number of methoxy groups -OCH3 is 1. The van der Waals surface area contributed by atoms with E-state index in [0.29, 0.717) is 31.5 Å². The van der Waals surface area contributed by atoms with E-state index in [1.807, 2.05) is 20.9 Å². The number of alkyl halides is 1.